The Labute approximate surface area is 102 Å². The molecule has 0 saturated carbocycles. The third-order valence-corrected chi connectivity index (χ3v) is 2.97. The van der Waals surface area contributed by atoms with Crippen molar-refractivity contribution in [2.75, 3.05) is 6.61 Å². The molecule has 92 valence electrons. The van der Waals surface area contributed by atoms with Gasteiger partial charge in [-0.2, -0.15) is 0 Å². The van der Waals surface area contributed by atoms with Gasteiger partial charge in [-0.25, -0.2) is 0 Å². The van der Waals surface area contributed by atoms with E-state index < -0.39 is 5.97 Å². The number of Topliss-reactive ketones (excluding diaryl/α,β-unsaturated/α-hetero) is 1. The minimum Gasteiger partial charge on any atom is -0.466 e. The van der Waals surface area contributed by atoms with Gasteiger partial charge in [0, 0.05) is 5.56 Å². The van der Waals surface area contributed by atoms with Gasteiger partial charge in [-0.3, -0.25) is 9.59 Å². The van der Waals surface area contributed by atoms with Crippen molar-refractivity contribution in [2.45, 2.75) is 34.1 Å². The minimum atomic E-state index is -0.463. The van der Waals surface area contributed by atoms with Crippen molar-refractivity contribution in [2.24, 2.45) is 0 Å². The second kappa shape index (κ2) is 5.62. The molecule has 0 radical (unpaired) electrons. The second-order valence-electron chi connectivity index (χ2n) is 4.08. The highest BCUT2D eigenvalue weighted by Gasteiger charge is 2.15. The topological polar surface area (TPSA) is 43.4 Å². The van der Waals surface area contributed by atoms with E-state index in [4.69, 9.17) is 4.74 Å². The lowest BCUT2D eigenvalue weighted by molar-refractivity contribution is -0.141. The first-order valence-corrected chi connectivity index (χ1v) is 5.73. The van der Waals surface area contributed by atoms with E-state index in [2.05, 4.69) is 0 Å². The number of ketones is 1. The number of aryl methyl sites for hydroxylation is 1. The fourth-order valence-electron chi connectivity index (χ4n) is 1.70. The lowest BCUT2D eigenvalue weighted by Crippen LogP contribution is -2.13. The van der Waals surface area contributed by atoms with E-state index in [-0.39, 0.29) is 12.2 Å². The fraction of sp³-hybridized carbons (Fsp3) is 0.429. The quantitative estimate of drug-likeness (QED) is 0.457. The van der Waals surface area contributed by atoms with E-state index in [1.165, 1.54) is 0 Å². The van der Waals surface area contributed by atoms with E-state index >= 15 is 0 Å². The molecule has 0 atom stereocenters. The van der Waals surface area contributed by atoms with Crippen molar-refractivity contribution in [3.05, 3.63) is 34.4 Å². The fourth-order valence-corrected chi connectivity index (χ4v) is 1.70. The summed E-state index contributed by atoms with van der Waals surface area (Å²) in [6.45, 7) is 7.91. The molecule has 0 bridgehead atoms. The largest absolute Gasteiger partial charge is 0.466 e. The molecular formula is C14H18O3. The van der Waals surface area contributed by atoms with Gasteiger partial charge in [0.15, 0.2) is 5.78 Å². The maximum absolute atomic E-state index is 11.9. The van der Waals surface area contributed by atoms with Crippen LogP contribution >= 0.6 is 0 Å². The molecule has 3 nitrogen and oxygen atoms in total. The van der Waals surface area contributed by atoms with Crippen LogP contribution in [0.3, 0.4) is 0 Å². The molecule has 0 aliphatic rings. The average molecular weight is 234 g/mol. The Morgan fingerprint density at radius 1 is 1.12 bits per heavy atom. The zero-order valence-corrected chi connectivity index (χ0v) is 10.8. The maximum Gasteiger partial charge on any atom is 0.313 e. The first kappa shape index (κ1) is 13.4. The highest BCUT2D eigenvalue weighted by Crippen LogP contribution is 2.18. The molecule has 1 aromatic carbocycles. The summed E-state index contributed by atoms with van der Waals surface area (Å²) in [6.07, 6.45) is -0.183. The van der Waals surface area contributed by atoms with E-state index in [1.54, 1.807) is 13.0 Å². The smallest absolute Gasteiger partial charge is 0.313 e. The summed E-state index contributed by atoms with van der Waals surface area (Å²) in [6, 6.07) is 3.68. The van der Waals surface area contributed by atoms with Gasteiger partial charge in [-0.05, 0) is 44.4 Å². The molecular weight excluding hydrogens is 216 g/mol. The molecule has 0 unspecified atom stereocenters. The van der Waals surface area contributed by atoms with Crippen LogP contribution in [0.15, 0.2) is 12.1 Å². The van der Waals surface area contributed by atoms with Gasteiger partial charge < -0.3 is 4.74 Å². The highest BCUT2D eigenvalue weighted by molar-refractivity contribution is 6.06. The summed E-state index contributed by atoms with van der Waals surface area (Å²) in [7, 11) is 0. The van der Waals surface area contributed by atoms with Gasteiger partial charge in [-0.1, -0.05) is 12.1 Å². The number of hydrogen-bond donors (Lipinski definition) is 0. The molecule has 3 heteroatoms. The van der Waals surface area contributed by atoms with Crippen molar-refractivity contribution in [1.29, 1.82) is 0 Å². The van der Waals surface area contributed by atoms with E-state index in [0.717, 1.165) is 16.7 Å². The van der Waals surface area contributed by atoms with Crippen LogP contribution in [0, 0.1) is 20.8 Å². The molecule has 0 N–H and O–H groups in total. The molecule has 0 aromatic heterocycles. The molecule has 1 aromatic rings. The zero-order valence-electron chi connectivity index (χ0n) is 10.8. The molecule has 0 saturated heterocycles. The first-order chi connectivity index (χ1) is 7.97. The third-order valence-electron chi connectivity index (χ3n) is 2.97. The number of carbonyl (C=O) groups excluding carboxylic acids is 2. The summed E-state index contributed by atoms with van der Waals surface area (Å²) in [5.41, 5.74) is 3.80. The normalized spacial score (nSPS) is 10.1. The lowest BCUT2D eigenvalue weighted by atomic mass is 9.95. The highest BCUT2D eigenvalue weighted by atomic mass is 16.5. The van der Waals surface area contributed by atoms with Crippen LogP contribution < -0.4 is 0 Å². The predicted molar refractivity (Wildman–Crippen MR) is 66.2 cm³/mol. The van der Waals surface area contributed by atoms with Gasteiger partial charge in [-0.15, -0.1) is 0 Å². The number of esters is 1. The van der Waals surface area contributed by atoms with Gasteiger partial charge in [0.05, 0.1) is 6.61 Å². The number of ether oxygens (including phenoxy) is 1. The SMILES string of the molecule is CCOC(=O)CC(=O)c1ccc(C)c(C)c1C. The van der Waals surface area contributed by atoms with E-state index in [1.807, 2.05) is 26.8 Å². The summed E-state index contributed by atoms with van der Waals surface area (Å²) in [5.74, 6) is -0.640. The van der Waals surface area contributed by atoms with Crippen molar-refractivity contribution in [3.63, 3.8) is 0 Å². The Bertz CT molecular complexity index is 447. The Kier molecular flexibility index (Phi) is 4.44. The van der Waals surface area contributed by atoms with Crippen LogP contribution in [0.1, 0.15) is 40.4 Å². The maximum atomic E-state index is 11.9. The lowest BCUT2D eigenvalue weighted by Gasteiger charge is -2.10. The minimum absolute atomic E-state index is 0.177. The number of hydrogen-bond acceptors (Lipinski definition) is 3. The molecule has 17 heavy (non-hydrogen) atoms. The second-order valence-corrected chi connectivity index (χ2v) is 4.08. The van der Waals surface area contributed by atoms with Gasteiger partial charge in [0.25, 0.3) is 0 Å². The average Bonchev–Trinajstić information content (AvgIpc) is 2.26. The van der Waals surface area contributed by atoms with E-state index in [9.17, 15) is 9.59 Å². The van der Waals surface area contributed by atoms with Gasteiger partial charge in [0.2, 0.25) is 0 Å². The van der Waals surface area contributed by atoms with Crippen LogP contribution in [0.25, 0.3) is 0 Å². The van der Waals surface area contributed by atoms with Crippen molar-refractivity contribution in [1.82, 2.24) is 0 Å². The van der Waals surface area contributed by atoms with Crippen LogP contribution in [0.5, 0.6) is 0 Å². The van der Waals surface area contributed by atoms with Crippen molar-refractivity contribution < 1.29 is 14.3 Å². The Morgan fingerprint density at radius 2 is 1.76 bits per heavy atom. The third kappa shape index (κ3) is 3.16. The molecule has 0 aliphatic heterocycles. The van der Waals surface area contributed by atoms with Crippen LogP contribution in [-0.2, 0) is 9.53 Å². The van der Waals surface area contributed by atoms with Crippen molar-refractivity contribution in [3.8, 4) is 0 Å². The molecule has 0 fully saturated rings. The van der Waals surface area contributed by atoms with Gasteiger partial charge in [0.1, 0.15) is 6.42 Å². The first-order valence-electron chi connectivity index (χ1n) is 5.73. The van der Waals surface area contributed by atoms with Crippen LogP contribution in [0.2, 0.25) is 0 Å². The Balaban J connectivity index is 2.90. The predicted octanol–water partition coefficient (Wildman–Crippen LogP) is 2.75. The molecule has 0 heterocycles. The Hall–Kier alpha value is -1.64. The summed E-state index contributed by atoms with van der Waals surface area (Å²) in [5, 5.41) is 0. The van der Waals surface area contributed by atoms with Crippen LogP contribution in [-0.4, -0.2) is 18.4 Å². The Morgan fingerprint density at radius 3 is 2.35 bits per heavy atom. The molecule has 0 aliphatic carbocycles. The van der Waals surface area contributed by atoms with Gasteiger partial charge >= 0.3 is 5.97 Å². The number of carbonyl (C=O) groups is 2. The van der Waals surface area contributed by atoms with E-state index in [0.29, 0.717) is 12.2 Å². The molecule has 1 rings (SSSR count). The monoisotopic (exact) mass is 234 g/mol. The number of benzene rings is 1. The molecule has 0 spiro atoms. The summed E-state index contributed by atoms with van der Waals surface area (Å²) >= 11 is 0. The van der Waals surface area contributed by atoms with Crippen molar-refractivity contribution >= 4 is 11.8 Å². The summed E-state index contributed by atoms with van der Waals surface area (Å²) < 4.78 is 4.77. The van der Waals surface area contributed by atoms with Crippen LogP contribution in [0.4, 0.5) is 0 Å². The molecule has 0 amide bonds. The number of rotatable bonds is 4. The standard InChI is InChI=1S/C14H18O3/c1-5-17-14(16)8-13(15)12-7-6-9(2)10(3)11(12)4/h6-7H,5,8H2,1-4H3. The summed E-state index contributed by atoms with van der Waals surface area (Å²) in [4.78, 5) is 23.2. The zero-order chi connectivity index (χ0) is 13.0.